The highest BCUT2D eigenvalue weighted by molar-refractivity contribution is 5.80. The van der Waals surface area contributed by atoms with Gasteiger partial charge in [-0.1, -0.05) is 12.1 Å². The zero-order valence-corrected chi connectivity index (χ0v) is 14.4. The molecule has 1 fully saturated rings. The molecule has 132 valence electrons. The molecule has 0 radical (unpaired) electrons. The van der Waals surface area contributed by atoms with E-state index in [4.69, 9.17) is 0 Å². The summed E-state index contributed by atoms with van der Waals surface area (Å²) in [7, 11) is 1.38. The number of esters is 1. The van der Waals surface area contributed by atoms with Crippen molar-refractivity contribution in [1.82, 2.24) is 10.2 Å². The number of benzene rings is 1. The van der Waals surface area contributed by atoms with Gasteiger partial charge in [0, 0.05) is 32.7 Å². The van der Waals surface area contributed by atoms with Crippen LogP contribution in [0.3, 0.4) is 0 Å². The van der Waals surface area contributed by atoms with E-state index in [-0.39, 0.29) is 12.4 Å². The van der Waals surface area contributed by atoms with Crippen LogP contribution in [0.2, 0.25) is 0 Å². The highest BCUT2D eigenvalue weighted by Gasteiger charge is 2.21. The maximum atomic E-state index is 11.2. The fourth-order valence-electron chi connectivity index (χ4n) is 2.67. The quantitative estimate of drug-likeness (QED) is 0.476. The Morgan fingerprint density at radius 1 is 1.29 bits per heavy atom. The highest BCUT2D eigenvalue weighted by atomic mass is 16.5. The van der Waals surface area contributed by atoms with Crippen molar-refractivity contribution in [2.45, 2.75) is 13.3 Å². The third-order valence-electron chi connectivity index (χ3n) is 3.94. The van der Waals surface area contributed by atoms with Crippen molar-refractivity contribution in [2.24, 2.45) is 4.99 Å². The number of rotatable bonds is 5. The van der Waals surface area contributed by atoms with Gasteiger partial charge in [-0.2, -0.15) is 0 Å². The first-order valence-electron chi connectivity index (χ1n) is 8.28. The first kappa shape index (κ1) is 17.9. The Morgan fingerprint density at radius 2 is 2.00 bits per heavy atom. The summed E-state index contributed by atoms with van der Waals surface area (Å²) in [4.78, 5) is 20.1. The smallest absolute Gasteiger partial charge is 0.307 e. The molecule has 0 bridgehead atoms. The Bertz CT molecular complexity index is 569. The van der Waals surface area contributed by atoms with Crippen molar-refractivity contribution in [3.8, 4) is 5.75 Å². The summed E-state index contributed by atoms with van der Waals surface area (Å²) in [6, 6.07) is 7.40. The second-order valence-electron chi connectivity index (χ2n) is 5.52. The standard InChI is InChI=1S/C17H26N4O3/c1-3-18-17(19-9-8-16(23)24-2)21-12-10-20(11-13-21)14-6-4-5-7-15(14)22/h4-7,22H,3,8-13H2,1-2H3,(H,18,19). The van der Waals surface area contributed by atoms with Crippen LogP contribution in [0.15, 0.2) is 29.3 Å². The number of nitrogens with zero attached hydrogens (tertiary/aromatic N) is 3. The number of hydrogen-bond donors (Lipinski definition) is 2. The molecule has 1 aromatic carbocycles. The lowest BCUT2D eigenvalue weighted by Gasteiger charge is -2.37. The second kappa shape index (κ2) is 9.00. The van der Waals surface area contributed by atoms with E-state index in [9.17, 15) is 9.90 Å². The number of guanidine groups is 1. The SMILES string of the molecule is CCNC(=NCCC(=O)OC)N1CCN(c2ccccc2O)CC1. The van der Waals surface area contributed by atoms with Gasteiger partial charge >= 0.3 is 5.97 Å². The zero-order chi connectivity index (χ0) is 17.4. The van der Waals surface area contributed by atoms with Gasteiger partial charge in [0.1, 0.15) is 5.75 Å². The van der Waals surface area contributed by atoms with Crippen molar-refractivity contribution >= 4 is 17.6 Å². The van der Waals surface area contributed by atoms with Crippen molar-refractivity contribution in [3.05, 3.63) is 24.3 Å². The third kappa shape index (κ3) is 4.78. The van der Waals surface area contributed by atoms with Crippen LogP contribution in [0.5, 0.6) is 5.75 Å². The maximum absolute atomic E-state index is 11.2. The van der Waals surface area contributed by atoms with Crippen LogP contribution in [0.1, 0.15) is 13.3 Å². The molecular weight excluding hydrogens is 308 g/mol. The fourth-order valence-corrected chi connectivity index (χ4v) is 2.67. The minimum Gasteiger partial charge on any atom is -0.506 e. The molecule has 0 aliphatic carbocycles. The van der Waals surface area contributed by atoms with E-state index in [0.29, 0.717) is 12.3 Å². The summed E-state index contributed by atoms with van der Waals surface area (Å²) < 4.78 is 4.64. The van der Waals surface area contributed by atoms with E-state index in [1.807, 2.05) is 25.1 Å². The molecule has 7 nitrogen and oxygen atoms in total. The molecule has 2 N–H and O–H groups in total. The predicted molar refractivity (Wildman–Crippen MR) is 94.5 cm³/mol. The van der Waals surface area contributed by atoms with Gasteiger partial charge in [-0.15, -0.1) is 0 Å². The monoisotopic (exact) mass is 334 g/mol. The summed E-state index contributed by atoms with van der Waals surface area (Å²) in [5.41, 5.74) is 0.866. The normalized spacial score (nSPS) is 15.3. The maximum Gasteiger partial charge on any atom is 0.307 e. The number of aliphatic imine (C=N–C) groups is 1. The Morgan fingerprint density at radius 3 is 2.62 bits per heavy atom. The number of nitrogens with one attached hydrogen (secondary N) is 1. The van der Waals surface area contributed by atoms with Crippen LogP contribution >= 0.6 is 0 Å². The van der Waals surface area contributed by atoms with E-state index in [0.717, 1.165) is 44.4 Å². The average Bonchev–Trinajstić information content (AvgIpc) is 2.61. The summed E-state index contributed by atoms with van der Waals surface area (Å²) in [5.74, 6) is 0.877. The van der Waals surface area contributed by atoms with E-state index in [1.165, 1.54) is 7.11 Å². The number of piperazine rings is 1. The predicted octanol–water partition coefficient (Wildman–Crippen LogP) is 1.04. The summed E-state index contributed by atoms with van der Waals surface area (Å²) >= 11 is 0. The van der Waals surface area contributed by atoms with E-state index < -0.39 is 0 Å². The lowest BCUT2D eigenvalue weighted by atomic mass is 10.2. The third-order valence-corrected chi connectivity index (χ3v) is 3.94. The van der Waals surface area contributed by atoms with Crippen LogP contribution in [-0.4, -0.2) is 68.3 Å². The number of para-hydroxylation sites is 2. The molecule has 0 saturated carbocycles. The molecule has 1 saturated heterocycles. The minimum absolute atomic E-state index is 0.251. The molecular formula is C17H26N4O3. The minimum atomic E-state index is -0.251. The summed E-state index contributed by atoms with van der Waals surface area (Å²) in [6.07, 6.45) is 0.281. The van der Waals surface area contributed by atoms with Gasteiger partial charge in [0.25, 0.3) is 0 Å². The highest BCUT2D eigenvalue weighted by Crippen LogP contribution is 2.27. The number of aromatic hydroxyl groups is 1. The number of carbonyl (C=O) groups excluding carboxylic acids is 1. The van der Waals surface area contributed by atoms with Crippen molar-refractivity contribution in [3.63, 3.8) is 0 Å². The largest absolute Gasteiger partial charge is 0.506 e. The van der Waals surface area contributed by atoms with Gasteiger partial charge < -0.3 is 25.0 Å². The summed E-state index contributed by atoms with van der Waals surface area (Å²) in [6.45, 7) is 6.42. The molecule has 0 aromatic heterocycles. The number of phenols is 1. The van der Waals surface area contributed by atoms with Crippen LogP contribution in [0.4, 0.5) is 5.69 Å². The van der Waals surface area contributed by atoms with Gasteiger partial charge in [0.15, 0.2) is 5.96 Å². The molecule has 1 heterocycles. The Labute approximate surface area is 142 Å². The van der Waals surface area contributed by atoms with Crippen LogP contribution in [0.25, 0.3) is 0 Å². The van der Waals surface area contributed by atoms with Crippen LogP contribution in [-0.2, 0) is 9.53 Å². The Kier molecular flexibility index (Phi) is 6.72. The van der Waals surface area contributed by atoms with Gasteiger partial charge in [-0.05, 0) is 19.1 Å². The van der Waals surface area contributed by atoms with E-state index in [1.54, 1.807) is 6.07 Å². The van der Waals surface area contributed by atoms with Crippen molar-refractivity contribution in [1.29, 1.82) is 0 Å². The molecule has 0 spiro atoms. The lowest BCUT2D eigenvalue weighted by Crippen LogP contribution is -2.52. The first-order chi connectivity index (χ1) is 11.7. The fraction of sp³-hybridized carbons (Fsp3) is 0.529. The number of hydrogen-bond acceptors (Lipinski definition) is 5. The number of anilines is 1. The van der Waals surface area contributed by atoms with Gasteiger partial charge in [-0.3, -0.25) is 9.79 Å². The topological polar surface area (TPSA) is 77.4 Å². The molecule has 0 amide bonds. The molecule has 7 heteroatoms. The number of carbonyl (C=O) groups is 1. The zero-order valence-electron chi connectivity index (χ0n) is 14.4. The van der Waals surface area contributed by atoms with Gasteiger partial charge in [0.05, 0.1) is 25.8 Å². The first-order valence-corrected chi connectivity index (χ1v) is 8.28. The number of methoxy groups -OCH3 is 1. The lowest BCUT2D eigenvalue weighted by molar-refractivity contribution is -0.140. The molecule has 1 aromatic rings. The van der Waals surface area contributed by atoms with Crippen LogP contribution in [0, 0.1) is 0 Å². The number of ether oxygens (including phenoxy) is 1. The number of phenolic OH excluding ortho intramolecular Hbond substituents is 1. The Balaban J connectivity index is 1.93. The second-order valence-corrected chi connectivity index (χ2v) is 5.52. The van der Waals surface area contributed by atoms with Crippen molar-refractivity contribution < 1.29 is 14.6 Å². The van der Waals surface area contributed by atoms with Gasteiger partial charge in [0.2, 0.25) is 0 Å². The van der Waals surface area contributed by atoms with Crippen molar-refractivity contribution in [2.75, 3.05) is 51.3 Å². The van der Waals surface area contributed by atoms with E-state index in [2.05, 4.69) is 24.8 Å². The Hall–Kier alpha value is -2.44. The molecule has 1 aliphatic heterocycles. The molecule has 1 aliphatic rings. The van der Waals surface area contributed by atoms with E-state index >= 15 is 0 Å². The van der Waals surface area contributed by atoms with Gasteiger partial charge in [-0.25, -0.2) is 0 Å². The average molecular weight is 334 g/mol. The summed E-state index contributed by atoms with van der Waals surface area (Å²) in [5, 5.41) is 13.2. The van der Waals surface area contributed by atoms with Crippen LogP contribution < -0.4 is 10.2 Å². The molecule has 24 heavy (non-hydrogen) atoms. The molecule has 0 atom stereocenters. The molecule has 0 unspecified atom stereocenters. The molecule has 2 rings (SSSR count).